The Balaban J connectivity index is 1.61. The van der Waals surface area contributed by atoms with E-state index in [0.29, 0.717) is 36.2 Å². The van der Waals surface area contributed by atoms with Crippen LogP contribution in [0.3, 0.4) is 0 Å². The summed E-state index contributed by atoms with van der Waals surface area (Å²) in [5.74, 6) is -0.944. The van der Waals surface area contributed by atoms with Crippen molar-refractivity contribution in [2.45, 2.75) is 82.5 Å². The summed E-state index contributed by atoms with van der Waals surface area (Å²) in [5, 5.41) is 34.9. The molecule has 0 amide bonds. The molecule has 2 aromatic heterocycles. The molecular weight excluding hydrogens is 463 g/mol. The van der Waals surface area contributed by atoms with E-state index in [1.807, 2.05) is 6.92 Å². The fourth-order valence-electron chi connectivity index (χ4n) is 5.69. The summed E-state index contributed by atoms with van der Waals surface area (Å²) in [4.78, 5) is 8.41. The van der Waals surface area contributed by atoms with Crippen LogP contribution in [0, 0.1) is 12.7 Å². The Morgan fingerprint density at radius 3 is 2.60 bits per heavy atom. The maximum Gasteiger partial charge on any atom is 0.266 e. The second-order valence-electron chi connectivity index (χ2n) is 9.94. The smallest absolute Gasteiger partial charge is 0.266 e. The Morgan fingerprint density at radius 2 is 1.91 bits per heavy atom. The molecule has 188 valence electrons. The highest BCUT2D eigenvalue weighted by molar-refractivity contribution is 5.78. The van der Waals surface area contributed by atoms with Gasteiger partial charge < -0.3 is 24.6 Å². The molecule has 1 aliphatic carbocycles. The number of nitrogens with zero attached hydrogens (tertiary/aromatic N) is 3. The second-order valence-corrected chi connectivity index (χ2v) is 9.94. The molecule has 3 heterocycles. The lowest BCUT2D eigenvalue weighted by Crippen LogP contribution is -2.54. The minimum absolute atomic E-state index is 0.0811. The second kappa shape index (κ2) is 8.26. The van der Waals surface area contributed by atoms with Crippen LogP contribution in [0.15, 0.2) is 24.7 Å². The van der Waals surface area contributed by atoms with E-state index in [2.05, 4.69) is 9.97 Å². The minimum atomic E-state index is -3.07. The average molecular weight is 492 g/mol. The van der Waals surface area contributed by atoms with Gasteiger partial charge in [-0.15, -0.1) is 0 Å². The number of aromatic nitrogens is 3. The van der Waals surface area contributed by atoms with E-state index in [4.69, 9.17) is 4.74 Å². The van der Waals surface area contributed by atoms with E-state index in [1.54, 1.807) is 16.8 Å². The fraction of sp³-hybridized carbons (Fsp3) is 0.520. The first kappa shape index (κ1) is 24.2. The number of aryl methyl sites for hydroxylation is 1. The van der Waals surface area contributed by atoms with Crippen LogP contribution < -0.4 is 0 Å². The topological polar surface area (TPSA) is 101 Å². The molecule has 35 heavy (non-hydrogen) atoms. The quantitative estimate of drug-likeness (QED) is 0.516. The standard InChI is InChI=1S/C25H28F3N3O4/c1-12-13-8-9-31(21(13)30-11-29-12)22-19(32)25(3,34)23(35-22)24(2,33)17-10-16(20(27)28)18(26)15-7-5-4-6-14(15)17/h8-11,19-20,22-23,32-34H,4-7H2,1-3H3/t19-,22+,23+,24+,25-/m0/s1. The first-order valence-corrected chi connectivity index (χ1v) is 11.7. The van der Waals surface area contributed by atoms with Crippen molar-refractivity contribution in [1.82, 2.24) is 14.5 Å². The Bertz CT molecular complexity index is 1290. The van der Waals surface area contributed by atoms with Crippen molar-refractivity contribution in [3.8, 4) is 0 Å². The van der Waals surface area contributed by atoms with Gasteiger partial charge in [0.1, 0.15) is 41.2 Å². The van der Waals surface area contributed by atoms with Crippen LogP contribution in [0.5, 0.6) is 0 Å². The molecule has 0 unspecified atom stereocenters. The predicted molar refractivity (Wildman–Crippen MR) is 120 cm³/mol. The van der Waals surface area contributed by atoms with Gasteiger partial charge in [-0.05, 0) is 75.3 Å². The number of alkyl halides is 2. The number of aliphatic hydroxyl groups is 3. The van der Waals surface area contributed by atoms with Gasteiger partial charge in [0, 0.05) is 11.6 Å². The predicted octanol–water partition coefficient (Wildman–Crippen LogP) is 3.61. The summed E-state index contributed by atoms with van der Waals surface area (Å²) >= 11 is 0. The van der Waals surface area contributed by atoms with Crippen LogP contribution in [0.4, 0.5) is 13.2 Å². The summed E-state index contributed by atoms with van der Waals surface area (Å²) in [6, 6.07) is 2.73. The van der Waals surface area contributed by atoms with Gasteiger partial charge >= 0.3 is 0 Å². The third kappa shape index (κ3) is 3.57. The molecule has 5 rings (SSSR count). The lowest BCUT2D eigenvalue weighted by molar-refractivity contribution is -0.162. The van der Waals surface area contributed by atoms with Gasteiger partial charge in [-0.1, -0.05) is 0 Å². The molecule has 5 atom stereocenters. The maximum atomic E-state index is 14.9. The molecule has 7 nitrogen and oxygen atoms in total. The Kier molecular flexibility index (Phi) is 5.71. The summed E-state index contributed by atoms with van der Waals surface area (Å²) in [6.45, 7) is 4.48. The maximum absolute atomic E-state index is 14.9. The van der Waals surface area contributed by atoms with Crippen LogP contribution in [0.2, 0.25) is 0 Å². The molecule has 10 heteroatoms. The van der Waals surface area contributed by atoms with Gasteiger partial charge in [0.05, 0.1) is 11.3 Å². The van der Waals surface area contributed by atoms with Crippen molar-refractivity contribution < 1.29 is 33.2 Å². The lowest BCUT2D eigenvalue weighted by Gasteiger charge is -2.39. The number of fused-ring (bicyclic) bond motifs is 2. The molecule has 0 bridgehead atoms. The first-order valence-electron chi connectivity index (χ1n) is 11.7. The van der Waals surface area contributed by atoms with E-state index in [9.17, 15) is 28.5 Å². The van der Waals surface area contributed by atoms with E-state index < -0.39 is 47.4 Å². The highest BCUT2D eigenvalue weighted by Crippen LogP contribution is 2.48. The summed E-state index contributed by atoms with van der Waals surface area (Å²) < 4.78 is 50.0. The van der Waals surface area contributed by atoms with Crippen LogP contribution in [-0.4, -0.2) is 47.7 Å². The first-order chi connectivity index (χ1) is 16.5. The zero-order valence-corrected chi connectivity index (χ0v) is 19.7. The van der Waals surface area contributed by atoms with Crippen molar-refractivity contribution in [3.63, 3.8) is 0 Å². The van der Waals surface area contributed by atoms with Gasteiger partial charge in [0.25, 0.3) is 6.43 Å². The Morgan fingerprint density at radius 1 is 1.23 bits per heavy atom. The number of aliphatic hydroxyl groups excluding tert-OH is 1. The molecule has 0 radical (unpaired) electrons. The third-order valence-electron chi connectivity index (χ3n) is 7.56. The molecule has 0 spiro atoms. The minimum Gasteiger partial charge on any atom is -0.385 e. The average Bonchev–Trinajstić information content (AvgIpc) is 3.33. The van der Waals surface area contributed by atoms with Gasteiger partial charge in [-0.3, -0.25) is 0 Å². The van der Waals surface area contributed by atoms with E-state index >= 15 is 0 Å². The molecule has 0 saturated carbocycles. The van der Waals surface area contributed by atoms with Crippen molar-refractivity contribution in [1.29, 1.82) is 0 Å². The summed E-state index contributed by atoms with van der Waals surface area (Å²) in [5.41, 5.74) is -2.90. The number of hydrogen-bond acceptors (Lipinski definition) is 6. The van der Waals surface area contributed by atoms with E-state index in [0.717, 1.165) is 11.5 Å². The highest BCUT2D eigenvalue weighted by Gasteiger charge is 2.60. The number of benzene rings is 1. The van der Waals surface area contributed by atoms with Gasteiger partial charge in [0.15, 0.2) is 6.23 Å². The van der Waals surface area contributed by atoms with Crippen LogP contribution in [-0.2, 0) is 23.2 Å². The van der Waals surface area contributed by atoms with Crippen LogP contribution >= 0.6 is 0 Å². The largest absolute Gasteiger partial charge is 0.385 e. The Labute approximate surface area is 200 Å². The third-order valence-corrected chi connectivity index (χ3v) is 7.56. The molecule has 2 aliphatic rings. The van der Waals surface area contributed by atoms with Gasteiger partial charge in [-0.2, -0.15) is 0 Å². The molecular formula is C25H28F3N3O4. The monoisotopic (exact) mass is 491 g/mol. The normalized spacial score (nSPS) is 28.5. The van der Waals surface area contributed by atoms with E-state index in [1.165, 1.54) is 20.2 Å². The number of hydrogen-bond donors (Lipinski definition) is 3. The molecule has 3 N–H and O–H groups in total. The molecule has 1 aromatic carbocycles. The summed E-state index contributed by atoms with van der Waals surface area (Å²) in [7, 11) is 0. The van der Waals surface area contributed by atoms with Crippen molar-refractivity contribution in [2.75, 3.05) is 0 Å². The number of halogens is 3. The molecule has 1 saturated heterocycles. The zero-order valence-electron chi connectivity index (χ0n) is 19.7. The lowest BCUT2D eigenvalue weighted by atomic mass is 9.74. The van der Waals surface area contributed by atoms with Gasteiger partial charge in [0.2, 0.25) is 0 Å². The van der Waals surface area contributed by atoms with Crippen LogP contribution in [0.25, 0.3) is 11.0 Å². The SMILES string of the molecule is Cc1ncnc2c1ccn2[C@@H]1O[C@H]([C@](C)(O)c2cc(C(F)F)c(F)c3c2CCCC3)[C@@](C)(O)[C@H]1O. The molecule has 1 fully saturated rings. The van der Waals surface area contributed by atoms with Gasteiger partial charge in [-0.25, -0.2) is 23.1 Å². The summed E-state index contributed by atoms with van der Waals surface area (Å²) in [6.07, 6.45) is -2.04. The van der Waals surface area contributed by atoms with Crippen LogP contribution in [0.1, 0.15) is 67.3 Å². The number of rotatable bonds is 4. The molecule has 3 aromatic rings. The molecule has 1 aliphatic heterocycles. The van der Waals surface area contributed by atoms with Crippen molar-refractivity contribution >= 4 is 11.0 Å². The van der Waals surface area contributed by atoms with E-state index in [-0.39, 0.29) is 17.5 Å². The number of ether oxygens (including phenoxy) is 1. The zero-order chi connectivity index (χ0) is 25.3. The van der Waals surface area contributed by atoms with Crippen molar-refractivity contribution in [3.05, 3.63) is 58.4 Å². The van der Waals surface area contributed by atoms with Crippen molar-refractivity contribution in [2.24, 2.45) is 0 Å². The fourth-order valence-corrected chi connectivity index (χ4v) is 5.69. The Hall–Kier alpha value is -2.53. The highest BCUT2D eigenvalue weighted by atomic mass is 19.3.